The highest BCUT2D eigenvalue weighted by atomic mass is 14.9. The van der Waals surface area contributed by atoms with Crippen molar-refractivity contribution in [3.05, 3.63) is 140 Å². The van der Waals surface area contributed by atoms with Crippen molar-refractivity contribution >= 4 is 10.9 Å². The molecule has 7 rings (SSSR count). The highest BCUT2D eigenvalue weighted by molar-refractivity contribution is 5.93. The number of para-hydroxylation sites is 1. The molecule has 188 valence electrons. The van der Waals surface area contributed by atoms with Gasteiger partial charge in [0.25, 0.3) is 0 Å². The summed E-state index contributed by atoms with van der Waals surface area (Å²) in [5.41, 5.74) is 9.00. The van der Waals surface area contributed by atoms with Gasteiger partial charge in [0.2, 0.25) is 0 Å². The van der Waals surface area contributed by atoms with Crippen LogP contribution in [0.2, 0.25) is 0 Å². The standard InChI is InChI=1S/C35H23N5/c1-3-11-24(12-4-1)27-21-32(30-17-9-10-20-36-30)38-33(22-27)31-19-18-26(23-37-31)34-28-15-7-8-16-29(28)39-35(40-34)25-13-5-2-6-14-25/h1-23H. The maximum absolute atomic E-state index is 4.98. The minimum Gasteiger partial charge on any atom is -0.255 e. The second-order valence-corrected chi connectivity index (χ2v) is 9.42. The van der Waals surface area contributed by atoms with Gasteiger partial charge in [0.15, 0.2) is 5.82 Å². The van der Waals surface area contributed by atoms with Crippen molar-refractivity contribution in [3.8, 4) is 56.5 Å². The van der Waals surface area contributed by atoms with Gasteiger partial charge in [0, 0.05) is 28.9 Å². The van der Waals surface area contributed by atoms with Crippen LogP contribution < -0.4 is 0 Å². The Bertz CT molecular complexity index is 1860. The molecule has 4 heterocycles. The van der Waals surface area contributed by atoms with Gasteiger partial charge in [0.05, 0.1) is 34.0 Å². The van der Waals surface area contributed by atoms with Crippen LogP contribution in [0.15, 0.2) is 140 Å². The van der Waals surface area contributed by atoms with Crippen molar-refractivity contribution in [2.24, 2.45) is 0 Å². The highest BCUT2D eigenvalue weighted by Crippen LogP contribution is 2.32. The summed E-state index contributed by atoms with van der Waals surface area (Å²) < 4.78 is 0. The van der Waals surface area contributed by atoms with Crippen LogP contribution >= 0.6 is 0 Å². The maximum atomic E-state index is 4.98. The van der Waals surface area contributed by atoms with Crippen LogP contribution in [-0.2, 0) is 0 Å². The third-order valence-electron chi connectivity index (χ3n) is 6.79. The molecule has 7 aromatic rings. The SMILES string of the molecule is c1ccc(-c2cc(-c3ccccn3)nc(-c3ccc(-c4nc(-c5ccccc5)nc5ccccc45)cn3)c2)cc1. The van der Waals surface area contributed by atoms with Crippen LogP contribution in [0.3, 0.4) is 0 Å². The van der Waals surface area contributed by atoms with E-state index in [0.717, 1.165) is 61.6 Å². The Morgan fingerprint density at radius 3 is 1.77 bits per heavy atom. The van der Waals surface area contributed by atoms with Gasteiger partial charge in [0.1, 0.15) is 0 Å². The molecule has 0 aliphatic carbocycles. The molecule has 0 atom stereocenters. The number of pyridine rings is 3. The Morgan fingerprint density at radius 2 is 1.07 bits per heavy atom. The van der Waals surface area contributed by atoms with E-state index in [1.807, 2.05) is 97.2 Å². The molecule has 0 radical (unpaired) electrons. The van der Waals surface area contributed by atoms with E-state index in [1.165, 1.54) is 0 Å². The first-order chi connectivity index (χ1) is 19.8. The quantitative estimate of drug-likeness (QED) is 0.232. The van der Waals surface area contributed by atoms with Gasteiger partial charge in [-0.15, -0.1) is 0 Å². The maximum Gasteiger partial charge on any atom is 0.160 e. The Hall–Kier alpha value is -5.55. The zero-order valence-corrected chi connectivity index (χ0v) is 21.5. The summed E-state index contributed by atoms with van der Waals surface area (Å²) >= 11 is 0. The molecule has 0 aliphatic heterocycles. The molecule has 5 nitrogen and oxygen atoms in total. The summed E-state index contributed by atoms with van der Waals surface area (Å²) in [5, 5.41) is 0.985. The number of rotatable bonds is 5. The van der Waals surface area contributed by atoms with Gasteiger partial charge < -0.3 is 0 Å². The van der Waals surface area contributed by atoms with Crippen LogP contribution in [0, 0.1) is 0 Å². The van der Waals surface area contributed by atoms with Crippen molar-refractivity contribution in [1.29, 1.82) is 0 Å². The average Bonchev–Trinajstić information content (AvgIpc) is 3.05. The fourth-order valence-electron chi connectivity index (χ4n) is 4.80. The molecular formula is C35H23N5. The van der Waals surface area contributed by atoms with Gasteiger partial charge in [-0.2, -0.15) is 0 Å². The summed E-state index contributed by atoms with van der Waals surface area (Å²) in [6.07, 6.45) is 3.66. The first kappa shape index (κ1) is 23.6. The molecule has 0 saturated heterocycles. The summed E-state index contributed by atoms with van der Waals surface area (Å²) in [6, 6.07) is 42.5. The van der Waals surface area contributed by atoms with Crippen LogP contribution in [0.25, 0.3) is 67.5 Å². The zero-order valence-electron chi connectivity index (χ0n) is 21.5. The van der Waals surface area contributed by atoms with Crippen molar-refractivity contribution < 1.29 is 0 Å². The fraction of sp³-hybridized carbons (Fsp3) is 0. The van der Waals surface area contributed by atoms with Gasteiger partial charge in [-0.25, -0.2) is 15.0 Å². The van der Waals surface area contributed by atoms with E-state index in [4.69, 9.17) is 19.9 Å². The van der Waals surface area contributed by atoms with E-state index in [1.54, 1.807) is 6.20 Å². The Balaban J connectivity index is 1.33. The second kappa shape index (κ2) is 10.3. The fourth-order valence-corrected chi connectivity index (χ4v) is 4.80. The van der Waals surface area contributed by atoms with E-state index in [-0.39, 0.29) is 0 Å². The Labute approximate surface area is 231 Å². The summed E-state index contributed by atoms with van der Waals surface area (Å²) in [7, 11) is 0. The topological polar surface area (TPSA) is 64.5 Å². The number of aromatic nitrogens is 5. The molecule has 5 heteroatoms. The molecule has 0 unspecified atom stereocenters. The highest BCUT2D eigenvalue weighted by Gasteiger charge is 2.14. The lowest BCUT2D eigenvalue weighted by molar-refractivity contribution is 1.20. The monoisotopic (exact) mass is 513 g/mol. The number of hydrogen-bond acceptors (Lipinski definition) is 5. The normalized spacial score (nSPS) is 11.0. The van der Waals surface area contributed by atoms with E-state index in [2.05, 4.69) is 41.4 Å². The summed E-state index contributed by atoms with van der Waals surface area (Å²) in [5.74, 6) is 0.690. The second-order valence-electron chi connectivity index (χ2n) is 9.42. The Kier molecular flexibility index (Phi) is 6.07. The van der Waals surface area contributed by atoms with Crippen molar-refractivity contribution in [3.63, 3.8) is 0 Å². The smallest absolute Gasteiger partial charge is 0.160 e. The van der Waals surface area contributed by atoms with Gasteiger partial charge in [-0.3, -0.25) is 9.97 Å². The largest absolute Gasteiger partial charge is 0.255 e. The van der Waals surface area contributed by atoms with E-state index >= 15 is 0 Å². The summed E-state index contributed by atoms with van der Waals surface area (Å²) in [6.45, 7) is 0. The number of hydrogen-bond donors (Lipinski definition) is 0. The lowest BCUT2D eigenvalue weighted by atomic mass is 10.0. The Morgan fingerprint density at radius 1 is 0.400 bits per heavy atom. The predicted molar refractivity (Wildman–Crippen MR) is 160 cm³/mol. The number of fused-ring (bicyclic) bond motifs is 1. The lowest BCUT2D eigenvalue weighted by Gasteiger charge is -2.11. The lowest BCUT2D eigenvalue weighted by Crippen LogP contribution is -1.97. The van der Waals surface area contributed by atoms with Crippen molar-refractivity contribution in [2.75, 3.05) is 0 Å². The molecule has 0 amide bonds. The van der Waals surface area contributed by atoms with Crippen LogP contribution in [0.5, 0.6) is 0 Å². The molecule has 0 saturated carbocycles. The van der Waals surface area contributed by atoms with Gasteiger partial charge in [-0.1, -0.05) is 84.9 Å². The molecule has 0 N–H and O–H groups in total. The van der Waals surface area contributed by atoms with Gasteiger partial charge in [-0.05, 0) is 53.6 Å². The molecule has 0 aliphatic rings. The van der Waals surface area contributed by atoms with Crippen molar-refractivity contribution in [2.45, 2.75) is 0 Å². The van der Waals surface area contributed by atoms with Crippen LogP contribution in [0.4, 0.5) is 0 Å². The minimum atomic E-state index is 0.690. The number of nitrogens with zero attached hydrogens (tertiary/aromatic N) is 5. The van der Waals surface area contributed by atoms with Crippen LogP contribution in [0.1, 0.15) is 0 Å². The molecular weight excluding hydrogens is 490 g/mol. The van der Waals surface area contributed by atoms with Gasteiger partial charge >= 0.3 is 0 Å². The third kappa shape index (κ3) is 4.61. The zero-order chi connectivity index (χ0) is 26.7. The molecule has 4 aromatic heterocycles. The third-order valence-corrected chi connectivity index (χ3v) is 6.79. The summed E-state index contributed by atoms with van der Waals surface area (Å²) in [4.78, 5) is 24.2. The first-order valence-electron chi connectivity index (χ1n) is 13.1. The molecule has 0 fully saturated rings. The average molecular weight is 514 g/mol. The molecule has 3 aromatic carbocycles. The molecule has 40 heavy (non-hydrogen) atoms. The molecule has 0 spiro atoms. The minimum absolute atomic E-state index is 0.690. The van der Waals surface area contributed by atoms with E-state index in [9.17, 15) is 0 Å². The van der Waals surface area contributed by atoms with E-state index < -0.39 is 0 Å². The number of benzene rings is 3. The van der Waals surface area contributed by atoms with Crippen LogP contribution in [-0.4, -0.2) is 24.9 Å². The van der Waals surface area contributed by atoms with E-state index in [0.29, 0.717) is 5.82 Å². The molecule has 0 bridgehead atoms. The predicted octanol–water partition coefficient (Wildman–Crippen LogP) is 8.15. The first-order valence-corrected chi connectivity index (χ1v) is 13.1. The van der Waals surface area contributed by atoms with Crippen molar-refractivity contribution in [1.82, 2.24) is 24.9 Å².